The van der Waals surface area contributed by atoms with E-state index in [1.807, 2.05) is 0 Å². The first kappa shape index (κ1) is 11.6. The van der Waals surface area contributed by atoms with Crippen LogP contribution >= 0.6 is 0 Å². The smallest absolute Gasteiger partial charge is 0.303 e. The predicted molar refractivity (Wildman–Crippen MR) is 64.7 cm³/mol. The Bertz CT molecular complexity index is 480. The number of carbonyl (C=O) groups excluding carboxylic acids is 1. The molecule has 0 N–H and O–H groups in total. The summed E-state index contributed by atoms with van der Waals surface area (Å²) >= 11 is 0. The molecule has 2 nitrogen and oxygen atoms in total. The third-order valence-electron chi connectivity index (χ3n) is 3.93. The Morgan fingerprint density at radius 1 is 1.11 bits per heavy atom. The molecule has 2 aliphatic rings. The number of benzene rings is 1. The number of carbonyl (C=O) groups is 1. The number of amides is 1. The normalized spacial score (nSPS) is 23.2. The second kappa shape index (κ2) is 4.04. The number of rotatable bonds is 1. The molecular formula is C14H15F2NO. The van der Waals surface area contributed by atoms with E-state index in [2.05, 4.69) is 0 Å². The average molecular weight is 251 g/mol. The molecule has 1 aromatic rings. The minimum absolute atomic E-state index is 0.0548. The molecule has 96 valence electrons. The van der Waals surface area contributed by atoms with Gasteiger partial charge in [-0.1, -0.05) is 37.5 Å². The summed E-state index contributed by atoms with van der Waals surface area (Å²) in [5.74, 6) is -4.40. The first-order valence-corrected chi connectivity index (χ1v) is 6.43. The molecule has 1 fully saturated rings. The van der Waals surface area contributed by atoms with Gasteiger partial charge in [0.2, 0.25) is 0 Å². The Balaban J connectivity index is 2.03. The molecule has 1 aliphatic carbocycles. The van der Waals surface area contributed by atoms with Gasteiger partial charge < -0.3 is 4.90 Å². The lowest BCUT2D eigenvalue weighted by molar-refractivity contribution is -0.142. The molecule has 1 amide bonds. The topological polar surface area (TPSA) is 20.3 Å². The van der Waals surface area contributed by atoms with Crippen LogP contribution in [0.15, 0.2) is 24.3 Å². The molecular weight excluding hydrogens is 236 g/mol. The highest BCUT2D eigenvalue weighted by atomic mass is 19.3. The van der Waals surface area contributed by atoms with Crippen LogP contribution < -0.4 is 4.90 Å². The van der Waals surface area contributed by atoms with Crippen molar-refractivity contribution in [3.8, 4) is 0 Å². The van der Waals surface area contributed by atoms with Crippen molar-refractivity contribution in [1.82, 2.24) is 0 Å². The van der Waals surface area contributed by atoms with Gasteiger partial charge in [-0.15, -0.1) is 0 Å². The van der Waals surface area contributed by atoms with Crippen LogP contribution in [-0.2, 0) is 10.7 Å². The van der Waals surface area contributed by atoms with Crippen LogP contribution in [0, 0.1) is 0 Å². The van der Waals surface area contributed by atoms with E-state index in [4.69, 9.17) is 0 Å². The minimum atomic E-state index is -3.35. The number of fused-ring (bicyclic) bond motifs is 1. The second-order valence-corrected chi connectivity index (χ2v) is 5.06. The number of nitrogens with zero attached hydrogens (tertiary/aromatic N) is 1. The maximum Gasteiger partial charge on any atom is 0.352 e. The Hall–Kier alpha value is -1.45. The lowest BCUT2D eigenvalue weighted by Crippen LogP contribution is -2.43. The molecule has 1 heterocycles. The molecule has 0 unspecified atom stereocenters. The van der Waals surface area contributed by atoms with Crippen molar-refractivity contribution in [3.63, 3.8) is 0 Å². The van der Waals surface area contributed by atoms with Crippen LogP contribution in [-0.4, -0.2) is 11.9 Å². The first-order valence-electron chi connectivity index (χ1n) is 6.43. The van der Waals surface area contributed by atoms with Crippen molar-refractivity contribution >= 4 is 11.6 Å². The fourth-order valence-corrected chi connectivity index (χ4v) is 3.03. The fourth-order valence-electron chi connectivity index (χ4n) is 3.03. The number of hydrogen-bond acceptors (Lipinski definition) is 1. The number of halogens is 2. The van der Waals surface area contributed by atoms with Crippen molar-refractivity contribution in [2.24, 2.45) is 0 Å². The summed E-state index contributed by atoms with van der Waals surface area (Å²) in [6, 6.07) is 6.20. The van der Waals surface area contributed by atoms with Crippen LogP contribution in [0.4, 0.5) is 14.5 Å². The third-order valence-corrected chi connectivity index (χ3v) is 3.93. The third kappa shape index (κ3) is 1.55. The van der Waals surface area contributed by atoms with Gasteiger partial charge in [0, 0.05) is 6.04 Å². The van der Waals surface area contributed by atoms with Crippen LogP contribution in [0.3, 0.4) is 0 Å². The molecule has 0 bridgehead atoms. The van der Waals surface area contributed by atoms with E-state index in [9.17, 15) is 13.6 Å². The van der Waals surface area contributed by atoms with Gasteiger partial charge in [0.05, 0.1) is 11.3 Å². The lowest BCUT2D eigenvalue weighted by atomic mass is 9.94. The van der Waals surface area contributed by atoms with Gasteiger partial charge in [0.25, 0.3) is 0 Å². The number of para-hydroxylation sites is 1. The molecule has 0 aromatic heterocycles. The van der Waals surface area contributed by atoms with E-state index in [-0.39, 0.29) is 11.6 Å². The van der Waals surface area contributed by atoms with Crippen molar-refractivity contribution < 1.29 is 13.6 Å². The van der Waals surface area contributed by atoms with Gasteiger partial charge >= 0.3 is 11.8 Å². The average Bonchev–Trinajstić information content (AvgIpc) is 2.60. The Labute approximate surface area is 105 Å². The van der Waals surface area contributed by atoms with E-state index in [0.29, 0.717) is 5.69 Å². The summed E-state index contributed by atoms with van der Waals surface area (Å²) < 4.78 is 27.9. The molecule has 18 heavy (non-hydrogen) atoms. The quantitative estimate of drug-likeness (QED) is 0.748. The molecule has 0 radical (unpaired) electrons. The number of anilines is 1. The van der Waals surface area contributed by atoms with Gasteiger partial charge in [0.15, 0.2) is 0 Å². The van der Waals surface area contributed by atoms with Gasteiger partial charge in [-0.2, -0.15) is 8.78 Å². The molecule has 4 heteroatoms. The summed E-state index contributed by atoms with van der Waals surface area (Å²) in [6.45, 7) is 0. The summed E-state index contributed by atoms with van der Waals surface area (Å²) in [7, 11) is 0. The fraction of sp³-hybridized carbons (Fsp3) is 0.500. The van der Waals surface area contributed by atoms with Crippen molar-refractivity contribution in [3.05, 3.63) is 29.8 Å². The van der Waals surface area contributed by atoms with Gasteiger partial charge in [-0.3, -0.25) is 4.79 Å². The van der Waals surface area contributed by atoms with E-state index in [1.54, 1.807) is 18.2 Å². The second-order valence-electron chi connectivity index (χ2n) is 5.06. The van der Waals surface area contributed by atoms with Gasteiger partial charge in [0.1, 0.15) is 0 Å². The predicted octanol–water partition coefficient (Wildman–Crippen LogP) is 3.46. The summed E-state index contributed by atoms with van der Waals surface area (Å²) in [4.78, 5) is 13.3. The maximum absolute atomic E-state index is 13.9. The number of alkyl halides is 2. The van der Waals surface area contributed by atoms with Gasteiger partial charge in [-0.25, -0.2) is 0 Å². The zero-order valence-corrected chi connectivity index (χ0v) is 10.0. The highest BCUT2D eigenvalue weighted by molar-refractivity contribution is 6.06. The molecule has 1 aromatic carbocycles. The molecule has 0 atom stereocenters. The van der Waals surface area contributed by atoms with Crippen LogP contribution in [0.5, 0.6) is 0 Å². The molecule has 1 saturated carbocycles. The molecule has 1 aliphatic heterocycles. The molecule has 0 saturated heterocycles. The minimum Gasteiger partial charge on any atom is -0.303 e. The Morgan fingerprint density at radius 3 is 2.50 bits per heavy atom. The van der Waals surface area contributed by atoms with Crippen molar-refractivity contribution in [2.45, 2.75) is 44.1 Å². The van der Waals surface area contributed by atoms with Crippen molar-refractivity contribution in [1.29, 1.82) is 0 Å². The number of hydrogen-bond donors (Lipinski definition) is 0. The van der Waals surface area contributed by atoms with E-state index >= 15 is 0 Å². The highest BCUT2D eigenvalue weighted by Gasteiger charge is 2.54. The molecule has 0 spiro atoms. The van der Waals surface area contributed by atoms with Crippen LogP contribution in [0.1, 0.15) is 37.7 Å². The maximum atomic E-state index is 13.9. The largest absolute Gasteiger partial charge is 0.352 e. The summed E-state index contributed by atoms with van der Waals surface area (Å²) in [5.41, 5.74) is 0.264. The van der Waals surface area contributed by atoms with Crippen LogP contribution in [0.2, 0.25) is 0 Å². The Morgan fingerprint density at radius 2 is 1.78 bits per heavy atom. The Kier molecular flexibility index (Phi) is 2.61. The van der Waals surface area contributed by atoms with E-state index in [0.717, 1.165) is 32.1 Å². The van der Waals surface area contributed by atoms with E-state index < -0.39 is 11.8 Å². The van der Waals surface area contributed by atoms with Gasteiger partial charge in [-0.05, 0) is 18.9 Å². The van der Waals surface area contributed by atoms with Crippen LogP contribution in [0.25, 0.3) is 0 Å². The molecule has 3 rings (SSSR count). The van der Waals surface area contributed by atoms with Crippen molar-refractivity contribution in [2.75, 3.05) is 4.90 Å². The zero-order valence-electron chi connectivity index (χ0n) is 10.0. The monoisotopic (exact) mass is 251 g/mol. The standard InChI is InChI=1S/C14H15F2NO/c15-14(16)11-8-4-5-9-12(11)17(13(14)18)10-6-2-1-3-7-10/h4-5,8-10H,1-3,6-7H2. The summed E-state index contributed by atoms with van der Waals surface area (Å²) in [5, 5.41) is 0. The first-order chi connectivity index (χ1) is 8.62. The summed E-state index contributed by atoms with van der Waals surface area (Å²) in [6.07, 6.45) is 4.83. The zero-order chi connectivity index (χ0) is 12.8. The highest BCUT2D eigenvalue weighted by Crippen LogP contribution is 2.46. The SMILES string of the molecule is O=C1N(C2CCCCC2)c2ccccc2C1(F)F. The lowest BCUT2D eigenvalue weighted by Gasteiger charge is -2.31. The van der Waals surface area contributed by atoms with E-state index in [1.165, 1.54) is 11.0 Å².